The van der Waals surface area contributed by atoms with Gasteiger partial charge in [0.1, 0.15) is 6.04 Å². The van der Waals surface area contributed by atoms with E-state index in [-0.39, 0.29) is 12.4 Å². The van der Waals surface area contributed by atoms with E-state index in [0.717, 1.165) is 15.4 Å². The SMILES string of the molecule is CCOC(=O)[C@]12C(=O)N(c3ccccc3)C(=O)N1[C@H](C(=O)c1ccccc1)[C@H]2c1ccc(C)cc1. The molecule has 2 aliphatic heterocycles. The van der Waals surface area contributed by atoms with E-state index in [1.165, 1.54) is 0 Å². The molecule has 7 nitrogen and oxygen atoms in total. The average molecular weight is 469 g/mol. The highest BCUT2D eigenvalue weighted by molar-refractivity contribution is 6.34. The molecule has 3 aromatic rings. The molecule has 2 fully saturated rings. The van der Waals surface area contributed by atoms with Gasteiger partial charge < -0.3 is 4.74 Å². The molecule has 0 bridgehead atoms. The molecule has 5 rings (SSSR count). The summed E-state index contributed by atoms with van der Waals surface area (Å²) in [4.78, 5) is 57.2. The zero-order chi connectivity index (χ0) is 24.7. The number of Topliss-reactive ketones (excluding diaryl/α,β-unsaturated/α-hetero) is 1. The van der Waals surface area contributed by atoms with Crippen LogP contribution in [0.15, 0.2) is 84.9 Å². The number of nitrogens with zero attached hydrogens (tertiary/aromatic N) is 2. The quantitative estimate of drug-likeness (QED) is 0.235. The molecule has 0 aliphatic carbocycles. The van der Waals surface area contributed by atoms with Gasteiger partial charge in [0.2, 0.25) is 5.54 Å². The van der Waals surface area contributed by atoms with Gasteiger partial charge in [0.05, 0.1) is 18.2 Å². The third-order valence-corrected chi connectivity index (χ3v) is 6.71. The highest BCUT2D eigenvalue weighted by Crippen LogP contribution is 2.56. The minimum atomic E-state index is -1.96. The van der Waals surface area contributed by atoms with E-state index in [9.17, 15) is 19.2 Å². The van der Waals surface area contributed by atoms with Crippen molar-refractivity contribution >= 4 is 29.4 Å². The van der Waals surface area contributed by atoms with Gasteiger partial charge in [0.25, 0.3) is 5.91 Å². The van der Waals surface area contributed by atoms with Crippen LogP contribution in [0.25, 0.3) is 0 Å². The van der Waals surface area contributed by atoms with Crippen molar-refractivity contribution in [2.24, 2.45) is 0 Å². The first-order valence-corrected chi connectivity index (χ1v) is 11.5. The number of imide groups is 1. The number of aryl methyl sites for hydroxylation is 1. The topological polar surface area (TPSA) is 84.0 Å². The Morgan fingerprint density at radius 2 is 1.49 bits per heavy atom. The van der Waals surface area contributed by atoms with Gasteiger partial charge in [-0.25, -0.2) is 14.5 Å². The van der Waals surface area contributed by atoms with Gasteiger partial charge in [-0.2, -0.15) is 0 Å². The zero-order valence-corrected chi connectivity index (χ0v) is 19.4. The average Bonchev–Trinajstić information content (AvgIpc) is 3.04. The van der Waals surface area contributed by atoms with E-state index < -0.39 is 35.4 Å². The minimum absolute atomic E-state index is 0.0269. The lowest BCUT2D eigenvalue weighted by molar-refractivity contribution is -0.171. The van der Waals surface area contributed by atoms with E-state index in [0.29, 0.717) is 16.8 Å². The zero-order valence-electron chi connectivity index (χ0n) is 19.4. The molecule has 3 amide bonds. The second-order valence-electron chi connectivity index (χ2n) is 8.68. The molecule has 0 unspecified atom stereocenters. The molecule has 3 atom stereocenters. The van der Waals surface area contributed by atoms with Gasteiger partial charge in [-0.05, 0) is 31.5 Å². The number of esters is 1. The number of ketones is 1. The van der Waals surface area contributed by atoms with Crippen molar-refractivity contribution in [3.05, 3.63) is 102 Å². The molecule has 2 aliphatic rings. The van der Waals surface area contributed by atoms with Gasteiger partial charge in [-0.15, -0.1) is 0 Å². The Balaban J connectivity index is 1.72. The number of rotatable bonds is 6. The van der Waals surface area contributed by atoms with Crippen LogP contribution in [0, 0.1) is 6.92 Å². The lowest BCUT2D eigenvalue weighted by Crippen LogP contribution is -2.77. The predicted molar refractivity (Wildman–Crippen MR) is 129 cm³/mol. The monoisotopic (exact) mass is 468 g/mol. The molecule has 0 spiro atoms. The summed E-state index contributed by atoms with van der Waals surface area (Å²) in [7, 11) is 0. The highest BCUT2D eigenvalue weighted by Gasteiger charge is 2.79. The van der Waals surface area contributed by atoms with Crippen LogP contribution in [0.4, 0.5) is 10.5 Å². The Morgan fingerprint density at radius 1 is 0.886 bits per heavy atom. The van der Waals surface area contributed by atoms with Crippen molar-refractivity contribution in [2.45, 2.75) is 31.3 Å². The second kappa shape index (κ2) is 8.51. The molecule has 3 aromatic carbocycles. The Hall–Kier alpha value is -4.26. The molecular weight excluding hydrogens is 444 g/mol. The summed E-state index contributed by atoms with van der Waals surface area (Å²) < 4.78 is 5.37. The summed E-state index contributed by atoms with van der Waals surface area (Å²) in [6.45, 7) is 3.59. The molecule has 2 heterocycles. The van der Waals surface area contributed by atoms with Crippen LogP contribution in [0.1, 0.15) is 34.3 Å². The lowest BCUT2D eigenvalue weighted by Gasteiger charge is -2.55. The molecule has 2 saturated heterocycles. The normalized spacial score (nSPS) is 23.0. The first kappa shape index (κ1) is 22.5. The number of carbonyl (C=O) groups is 4. The number of para-hydroxylation sites is 1. The smallest absolute Gasteiger partial charge is 0.342 e. The number of carbonyl (C=O) groups excluding carboxylic acids is 4. The number of amides is 3. The number of anilines is 1. The highest BCUT2D eigenvalue weighted by atomic mass is 16.5. The van der Waals surface area contributed by atoms with Crippen LogP contribution >= 0.6 is 0 Å². The second-order valence-corrected chi connectivity index (χ2v) is 8.68. The van der Waals surface area contributed by atoms with Crippen molar-refractivity contribution in [2.75, 3.05) is 11.5 Å². The molecule has 0 saturated carbocycles. The number of urea groups is 1. The molecule has 0 aromatic heterocycles. The first-order chi connectivity index (χ1) is 16.9. The van der Waals surface area contributed by atoms with Gasteiger partial charge in [-0.3, -0.25) is 14.5 Å². The summed E-state index contributed by atoms with van der Waals surface area (Å²) in [6, 6.07) is 22.5. The summed E-state index contributed by atoms with van der Waals surface area (Å²) in [5.41, 5.74) is 0.360. The molecule has 7 heteroatoms. The standard InChI is InChI=1S/C28H24N2O5/c1-3-35-26(33)28-22(19-16-14-18(2)15-17-19)23(24(31)20-10-6-4-7-11-20)30(28)27(34)29(25(28)32)21-12-8-5-9-13-21/h4-17,22-23H,3H2,1-2H3/t22-,23+,28+/m1/s1. The van der Waals surface area contributed by atoms with Crippen molar-refractivity contribution in [3.8, 4) is 0 Å². The van der Waals surface area contributed by atoms with Crippen LogP contribution in [0.5, 0.6) is 0 Å². The van der Waals surface area contributed by atoms with Crippen molar-refractivity contribution in [1.82, 2.24) is 4.90 Å². The largest absolute Gasteiger partial charge is 0.464 e. The first-order valence-electron chi connectivity index (χ1n) is 11.5. The molecule has 0 radical (unpaired) electrons. The van der Waals surface area contributed by atoms with Gasteiger partial charge in [0.15, 0.2) is 5.78 Å². The van der Waals surface area contributed by atoms with Gasteiger partial charge in [-0.1, -0.05) is 78.4 Å². The fourth-order valence-corrected chi connectivity index (χ4v) is 5.13. The van der Waals surface area contributed by atoms with Gasteiger partial charge in [0, 0.05) is 5.56 Å². The van der Waals surface area contributed by atoms with Crippen LogP contribution in [-0.4, -0.2) is 46.8 Å². The Labute approximate surface area is 202 Å². The molecule has 0 N–H and O–H groups in total. The van der Waals surface area contributed by atoms with E-state index in [4.69, 9.17) is 4.74 Å². The van der Waals surface area contributed by atoms with E-state index in [1.807, 2.05) is 19.1 Å². The van der Waals surface area contributed by atoms with Crippen molar-refractivity contribution < 1.29 is 23.9 Å². The predicted octanol–water partition coefficient (Wildman–Crippen LogP) is 4.11. The maximum atomic E-state index is 14.0. The molecule has 176 valence electrons. The Kier molecular flexibility index (Phi) is 5.47. The van der Waals surface area contributed by atoms with Gasteiger partial charge >= 0.3 is 12.0 Å². The fraction of sp³-hybridized carbons (Fsp3) is 0.214. The number of hydrogen-bond donors (Lipinski definition) is 0. The minimum Gasteiger partial charge on any atom is -0.464 e. The molecule has 35 heavy (non-hydrogen) atoms. The number of ether oxygens (including phenoxy) is 1. The number of fused-ring (bicyclic) bond motifs is 1. The maximum absolute atomic E-state index is 14.0. The van der Waals surface area contributed by atoms with Crippen molar-refractivity contribution in [3.63, 3.8) is 0 Å². The molecular formula is C28H24N2O5. The summed E-state index contributed by atoms with van der Waals surface area (Å²) in [6.07, 6.45) is 0. The van der Waals surface area contributed by atoms with Crippen LogP contribution < -0.4 is 4.90 Å². The van der Waals surface area contributed by atoms with E-state index >= 15 is 0 Å². The summed E-state index contributed by atoms with van der Waals surface area (Å²) in [5.74, 6) is -2.79. The summed E-state index contributed by atoms with van der Waals surface area (Å²) in [5, 5.41) is 0. The van der Waals surface area contributed by atoms with E-state index in [2.05, 4.69) is 0 Å². The number of hydrogen-bond acceptors (Lipinski definition) is 5. The Bertz CT molecular complexity index is 1310. The van der Waals surface area contributed by atoms with Crippen LogP contribution in [-0.2, 0) is 14.3 Å². The lowest BCUT2D eigenvalue weighted by atomic mass is 9.63. The Morgan fingerprint density at radius 3 is 2.09 bits per heavy atom. The number of benzene rings is 3. The fourth-order valence-electron chi connectivity index (χ4n) is 5.13. The van der Waals surface area contributed by atoms with Crippen LogP contribution in [0.3, 0.4) is 0 Å². The summed E-state index contributed by atoms with van der Waals surface area (Å²) >= 11 is 0. The maximum Gasteiger partial charge on any atom is 0.342 e. The van der Waals surface area contributed by atoms with E-state index in [1.54, 1.807) is 79.7 Å². The van der Waals surface area contributed by atoms with Crippen LogP contribution in [0.2, 0.25) is 0 Å². The third kappa shape index (κ3) is 3.19. The third-order valence-electron chi connectivity index (χ3n) is 6.71. The van der Waals surface area contributed by atoms with Crippen molar-refractivity contribution in [1.29, 1.82) is 0 Å².